The zero-order chi connectivity index (χ0) is 25.1. The van der Waals surface area contributed by atoms with Crippen molar-refractivity contribution in [1.29, 1.82) is 0 Å². The Labute approximate surface area is 191 Å². The fourth-order valence-electron chi connectivity index (χ4n) is 2.77. The van der Waals surface area contributed by atoms with E-state index >= 15 is 0 Å². The lowest BCUT2D eigenvalue weighted by molar-refractivity contribution is -0.137. The molecule has 0 saturated heterocycles. The second-order valence-corrected chi connectivity index (χ2v) is 8.58. The lowest BCUT2D eigenvalue weighted by Crippen LogP contribution is -2.21. The molecule has 3 rings (SSSR count). The number of carbonyl (C=O) groups is 2. The molecule has 0 aliphatic heterocycles. The quantitative estimate of drug-likeness (QED) is 0.320. The molecule has 13 heteroatoms. The van der Waals surface area contributed by atoms with Gasteiger partial charge in [-0.25, -0.2) is 18.0 Å². The average Bonchev–Trinajstić information content (AvgIpc) is 2.74. The SMILES string of the molecule is Nc1cc(C(F)(F)F)ccc1NC(=O)Nc1cccc(S(=O)(=O)Nc2ccc(C(=O)O)cc2)c1. The summed E-state index contributed by atoms with van der Waals surface area (Å²) in [4.78, 5) is 22.9. The smallest absolute Gasteiger partial charge is 0.416 e. The standard InChI is InChI=1S/C21H17F3N4O5S/c22-21(23,24)13-6-9-18(17(25)10-13)27-20(31)26-15-2-1-3-16(11-15)34(32,33)28-14-7-4-12(5-8-14)19(29)30/h1-11,28H,25H2,(H,29,30)(H2,26,27,31). The molecule has 0 unspecified atom stereocenters. The molecule has 0 saturated carbocycles. The lowest BCUT2D eigenvalue weighted by Gasteiger charge is -2.13. The summed E-state index contributed by atoms with van der Waals surface area (Å²) in [6, 6.07) is 11.8. The first-order valence-corrected chi connectivity index (χ1v) is 10.8. The highest BCUT2D eigenvalue weighted by molar-refractivity contribution is 7.92. The molecule has 2 amide bonds. The molecule has 3 aromatic rings. The number of anilines is 4. The first-order valence-electron chi connectivity index (χ1n) is 9.36. The number of alkyl halides is 3. The van der Waals surface area contributed by atoms with Crippen LogP contribution >= 0.6 is 0 Å². The van der Waals surface area contributed by atoms with Crippen molar-refractivity contribution in [2.45, 2.75) is 11.1 Å². The normalized spacial score (nSPS) is 11.5. The second-order valence-electron chi connectivity index (χ2n) is 6.89. The number of aromatic carboxylic acids is 1. The molecule has 9 nitrogen and oxygen atoms in total. The third-order valence-corrected chi connectivity index (χ3v) is 5.79. The van der Waals surface area contributed by atoms with Crippen LogP contribution in [-0.4, -0.2) is 25.5 Å². The molecule has 0 spiro atoms. The van der Waals surface area contributed by atoms with E-state index in [4.69, 9.17) is 10.8 Å². The molecule has 0 aliphatic carbocycles. The van der Waals surface area contributed by atoms with Crippen LogP contribution in [0.15, 0.2) is 71.6 Å². The number of carboxylic acid groups (broad SMARTS) is 1. The lowest BCUT2D eigenvalue weighted by atomic mass is 10.1. The minimum atomic E-state index is -4.59. The van der Waals surface area contributed by atoms with E-state index in [-0.39, 0.29) is 33.2 Å². The molecule has 0 aromatic heterocycles. The van der Waals surface area contributed by atoms with E-state index in [1.807, 2.05) is 0 Å². The second kappa shape index (κ2) is 9.31. The van der Waals surface area contributed by atoms with E-state index < -0.39 is 33.8 Å². The van der Waals surface area contributed by atoms with Crippen molar-refractivity contribution in [3.8, 4) is 0 Å². The summed E-state index contributed by atoms with van der Waals surface area (Å²) in [6.45, 7) is 0. The third kappa shape index (κ3) is 5.95. The number of benzene rings is 3. The van der Waals surface area contributed by atoms with Crippen molar-refractivity contribution in [1.82, 2.24) is 0 Å². The number of urea groups is 1. The minimum Gasteiger partial charge on any atom is -0.478 e. The van der Waals surface area contributed by atoms with Gasteiger partial charge in [-0.15, -0.1) is 0 Å². The van der Waals surface area contributed by atoms with Crippen LogP contribution in [0.5, 0.6) is 0 Å². The Hall–Kier alpha value is -4.26. The summed E-state index contributed by atoms with van der Waals surface area (Å²) >= 11 is 0. The largest absolute Gasteiger partial charge is 0.478 e. The molecule has 0 fully saturated rings. The van der Waals surface area contributed by atoms with Crippen LogP contribution in [0.25, 0.3) is 0 Å². The Morgan fingerprint density at radius 2 is 1.56 bits per heavy atom. The van der Waals surface area contributed by atoms with Crippen molar-refractivity contribution < 1.29 is 36.3 Å². The minimum absolute atomic E-state index is 0.0196. The van der Waals surface area contributed by atoms with Gasteiger partial charge >= 0.3 is 18.2 Å². The van der Waals surface area contributed by atoms with Gasteiger partial charge in [-0.1, -0.05) is 6.07 Å². The first kappa shape index (κ1) is 24.4. The van der Waals surface area contributed by atoms with Crippen LogP contribution in [0.2, 0.25) is 0 Å². The van der Waals surface area contributed by atoms with Crippen LogP contribution in [0.4, 0.5) is 40.7 Å². The average molecular weight is 494 g/mol. The number of nitrogen functional groups attached to an aromatic ring is 1. The van der Waals surface area contributed by atoms with E-state index in [1.54, 1.807) is 0 Å². The van der Waals surface area contributed by atoms with Crippen molar-refractivity contribution in [2.75, 3.05) is 21.1 Å². The van der Waals surface area contributed by atoms with Crippen LogP contribution < -0.4 is 21.1 Å². The van der Waals surface area contributed by atoms with Gasteiger partial charge in [-0.2, -0.15) is 13.2 Å². The number of carbonyl (C=O) groups excluding carboxylic acids is 1. The fraction of sp³-hybridized carbons (Fsp3) is 0.0476. The van der Waals surface area contributed by atoms with E-state index in [9.17, 15) is 31.2 Å². The number of rotatable bonds is 6. The van der Waals surface area contributed by atoms with Gasteiger partial charge in [0.2, 0.25) is 0 Å². The summed E-state index contributed by atoms with van der Waals surface area (Å²) in [7, 11) is -4.08. The number of hydrogen-bond acceptors (Lipinski definition) is 5. The Morgan fingerprint density at radius 1 is 0.882 bits per heavy atom. The monoisotopic (exact) mass is 494 g/mol. The topological polar surface area (TPSA) is 151 Å². The molecule has 0 radical (unpaired) electrons. The Bertz CT molecular complexity index is 1340. The third-order valence-electron chi connectivity index (χ3n) is 4.41. The van der Waals surface area contributed by atoms with E-state index in [0.717, 1.165) is 18.2 Å². The van der Waals surface area contributed by atoms with E-state index in [0.29, 0.717) is 6.07 Å². The van der Waals surface area contributed by atoms with Gasteiger partial charge in [0.1, 0.15) is 0 Å². The molecule has 178 valence electrons. The Balaban J connectivity index is 1.71. The van der Waals surface area contributed by atoms with Crippen molar-refractivity contribution in [3.63, 3.8) is 0 Å². The predicted molar refractivity (Wildman–Crippen MR) is 119 cm³/mol. The first-order chi connectivity index (χ1) is 15.8. The molecule has 0 atom stereocenters. The molecule has 0 bridgehead atoms. The van der Waals surface area contributed by atoms with Crippen LogP contribution in [0.3, 0.4) is 0 Å². The molecule has 34 heavy (non-hydrogen) atoms. The number of carboxylic acids is 1. The van der Waals surface area contributed by atoms with Gasteiger partial charge in [0.25, 0.3) is 10.0 Å². The summed E-state index contributed by atoms with van der Waals surface area (Å²) in [6.07, 6.45) is -4.59. The zero-order valence-electron chi connectivity index (χ0n) is 17.1. The maximum atomic E-state index is 12.7. The highest BCUT2D eigenvalue weighted by atomic mass is 32.2. The van der Waals surface area contributed by atoms with Crippen LogP contribution in [0, 0.1) is 0 Å². The molecule has 3 aromatic carbocycles. The van der Waals surface area contributed by atoms with Crippen LogP contribution in [-0.2, 0) is 16.2 Å². The van der Waals surface area contributed by atoms with E-state index in [2.05, 4.69) is 15.4 Å². The maximum Gasteiger partial charge on any atom is 0.416 e. The van der Waals surface area contributed by atoms with Crippen molar-refractivity contribution in [3.05, 3.63) is 77.9 Å². The summed E-state index contributed by atoms with van der Waals surface area (Å²) < 4.78 is 65.8. The zero-order valence-corrected chi connectivity index (χ0v) is 17.9. The molecular formula is C21H17F3N4O5S. The number of hydrogen-bond donors (Lipinski definition) is 5. The van der Waals surface area contributed by atoms with Crippen molar-refractivity contribution >= 4 is 44.8 Å². The van der Waals surface area contributed by atoms with Gasteiger partial charge in [0, 0.05) is 11.4 Å². The fourth-order valence-corrected chi connectivity index (χ4v) is 3.88. The number of amides is 2. The molecular weight excluding hydrogens is 477 g/mol. The van der Waals surface area contributed by atoms with Gasteiger partial charge in [-0.3, -0.25) is 4.72 Å². The number of halogens is 3. The molecule has 6 N–H and O–H groups in total. The van der Waals surface area contributed by atoms with Crippen LogP contribution in [0.1, 0.15) is 15.9 Å². The highest BCUT2D eigenvalue weighted by Crippen LogP contribution is 2.33. The summed E-state index contributed by atoms with van der Waals surface area (Å²) in [5, 5.41) is 13.6. The summed E-state index contributed by atoms with van der Waals surface area (Å²) in [5.74, 6) is -1.16. The highest BCUT2D eigenvalue weighted by Gasteiger charge is 2.30. The number of nitrogens with one attached hydrogen (secondary N) is 3. The van der Waals surface area contributed by atoms with Gasteiger partial charge in [-0.05, 0) is 60.7 Å². The number of sulfonamides is 1. The molecule has 0 heterocycles. The Morgan fingerprint density at radius 3 is 2.15 bits per heavy atom. The van der Waals surface area contributed by atoms with Gasteiger partial charge in [0.15, 0.2) is 0 Å². The summed E-state index contributed by atoms with van der Waals surface area (Å²) in [5.41, 5.74) is 4.41. The Kier molecular flexibility index (Phi) is 6.68. The van der Waals surface area contributed by atoms with Crippen molar-refractivity contribution in [2.24, 2.45) is 0 Å². The van der Waals surface area contributed by atoms with E-state index in [1.165, 1.54) is 42.5 Å². The number of nitrogens with two attached hydrogens (primary N) is 1. The maximum absolute atomic E-state index is 12.7. The predicted octanol–water partition coefficient (Wildman–Crippen LogP) is 4.43. The van der Waals surface area contributed by atoms with Gasteiger partial charge in [0.05, 0.1) is 27.4 Å². The van der Waals surface area contributed by atoms with Gasteiger partial charge < -0.3 is 21.5 Å². The molecule has 0 aliphatic rings.